The van der Waals surface area contributed by atoms with Gasteiger partial charge in [0.15, 0.2) is 9.74 Å². The number of thiazole rings is 1. The number of ketones is 1. The van der Waals surface area contributed by atoms with E-state index in [1.54, 1.807) is 4.57 Å². The highest BCUT2D eigenvalue weighted by Crippen LogP contribution is 2.27. The molecule has 0 radical (unpaired) electrons. The predicted molar refractivity (Wildman–Crippen MR) is 75.0 cm³/mol. The number of aromatic nitrogens is 1. The minimum absolute atomic E-state index is 0.00608. The van der Waals surface area contributed by atoms with Gasteiger partial charge in [0.25, 0.3) is 0 Å². The second-order valence-corrected chi connectivity index (χ2v) is 5.49. The number of Topliss-reactive ketones (excluding diaryl/α,β-unsaturated/α-hetero) is 1. The fourth-order valence-electron chi connectivity index (χ4n) is 1.72. The molecule has 0 aliphatic rings. The summed E-state index contributed by atoms with van der Waals surface area (Å²) in [6, 6.07) is 9.47. The number of rotatable bonds is 4. The van der Waals surface area contributed by atoms with Gasteiger partial charge in [-0.05, 0) is 24.7 Å². The van der Waals surface area contributed by atoms with Crippen molar-refractivity contribution in [3.8, 4) is 5.88 Å². The lowest BCUT2D eigenvalue weighted by atomic mass is 10.1. The molecule has 0 fully saturated rings. The first-order valence-corrected chi connectivity index (χ1v) is 6.85. The molecule has 0 saturated heterocycles. The average Bonchev–Trinajstić information content (AvgIpc) is 2.65. The number of hydrogen-bond donors (Lipinski definition) is 1. The molecule has 0 aliphatic carbocycles. The molecule has 0 saturated carbocycles. The first-order valence-electron chi connectivity index (χ1n) is 5.63. The molecule has 2 rings (SSSR count). The smallest absolute Gasteiger partial charge is 0.214 e. The van der Waals surface area contributed by atoms with Crippen LogP contribution in [0, 0.1) is 3.95 Å². The number of carbonyl (C=O) groups is 1. The van der Waals surface area contributed by atoms with E-state index in [0.29, 0.717) is 15.4 Å². The molecule has 2 aromatic rings. The van der Waals surface area contributed by atoms with Gasteiger partial charge >= 0.3 is 0 Å². The van der Waals surface area contributed by atoms with Gasteiger partial charge in [-0.25, -0.2) is 0 Å². The fraction of sp³-hybridized carbons (Fsp3) is 0.231. The summed E-state index contributed by atoms with van der Waals surface area (Å²) in [5.74, 6) is -0.101. The van der Waals surface area contributed by atoms with E-state index in [1.165, 1.54) is 11.3 Å². The monoisotopic (exact) mass is 279 g/mol. The third kappa shape index (κ3) is 2.52. The maximum atomic E-state index is 12.1. The van der Waals surface area contributed by atoms with Gasteiger partial charge in [0.2, 0.25) is 5.88 Å². The first-order chi connectivity index (χ1) is 8.63. The molecule has 0 atom stereocenters. The van der Waals surface area contributed by atoms with Gasteiger partial charge in [-0.1, -0.05) is 41.7 Å². The van der Waals surface area contributed by atoms with Gasteiger partial charge in [-0.15, -0.1) is 0 Å². The minimum atomic E-state index is -0.0954. The predicted octanol–water partition coefficient (Wildman–Crippen LogP) is 3.43. The summed E-state index contributed by atoms with van der Waals surface area (Å²) in [6.07, 6.45) is 0.285. The highest BCUT2D eigenvalue weighted by atomic mass is 32.1. The summed E-state index contributed by atoms with van der Waals surface area (Å²) in [4.78, 5) is 12.5. The molecule has 5 heteroatoms. The van der Waals surface area contributed by atoms with Gasteiger partial charge < -0.3 is 5.11 Å². The Labute approximate surface area is 114 Å². The molecule has 0 spiro atoms. The van der Waals surface area contributed by atoms with Crippen LogP contribution in [0.3, 0.4) is 0 Å². The second-order valence-electron chi connectivity index (χ2n) is 3.85. The summed E-state index contributed by atoms with van der Waals surface area (Å²) in [5, 5.41) is 9.94. The third-order valence-electron chi connectivity index (χ3n) is 2.65. The maximum Gasteiger partial charge on any atom is 0.214 e. The summed E-state index contributed by atoms with van der Waals surface area (Å²) >= 11 is 6.28. The van der Waals surface area contributed by atoms with Crippen LogP contribution in [0.15, 0.2) is 30.3 Å². The molecular formula is C13H13NO2S2. The third-order valence-corrected chi connectivity index (χ3v) is 4.13. The lowest BCUT2D eigenvalue weighted by Gasteiger charge is -2.01. The van der Waals surface area contributed by atoms with Crippen molar-refractivity contribution in [1.82, 2.24) is 4.57 Å². The molecule has 18 heavy (non-hydrogen) atoms. The maximum absolute atomic E-state index is 12.1. The van der Waals surface area contributed by atoms with E-state index < -0.39 is 0 Å². The summed E-state index contributed by atoms with van der Waals surface area (Å²) in [7, 11) is 0. The molecule has 0 amide bonds. The number of nitrogens with zero attached hydrogens (tertiary/aromatic N) is 1. The van der Waals surface area contributed by atoms with Gasteiger partial charge in [-0.3, -0.25) is 9.36 Å². The Morgan fingerprint density at radius 1 is 1.39 bits per heavy atom. The molecule has 1 N–H and O–H groups in total. The highest BCUT2D eigenvalue weighted by Gasteiger charge is 2.18. The largest absolute Gasteiger partial charge is 0.493 e. The zero-order valence-corrected chi connectivity index (χ0v) is 11.6. The number of hydrogen-bond acceptors (Lipinski definition) is 4. The van der Waals surface area contributed by atoms with E-state index in [1.807, 2.05) is 37.3 Å². The van der Waals surface area contributed by atoms with Crippen molar-refractivity contribution in [3.63, 3.8) is 0 Å². The second kappa shape index (κ2) is 5.46. The van der Waals surface area contributed by atoms with Gasteiger partial charge in [0.05, 0.1) is 0 Å². The Morgan fingerprint density at radius 3 is 2.61 bits per heavy atom. The van der Waals surface area contributed by atoms with E-state index in [4.69, 9.17) is 12.2 Å². The van der Waals surface area contributed by atoms with E-state index in [-0.39, 0.29) is 18.1 Å². The molecule has 0 bridgehead atoms. The fourth-order valence-corrected chi connectivity index (χ4v) is 3.07. The normalized spacial score (nSPS) is 10.5. The minimum Gasteiger partial charge on any atom is -0.493 e. The Kier molecular flexibility index (Phi) is 3.93. The van der Waals surface area contributed by atoms with Crippen molar-refractivity contribution in [2.75, 3.05) is 0 Å². The van der Waals surface area contributed by atoms with Crippen LogP contribution in [-0.4, -0.2) is 15.5 Å². The van der Waals surface area contributed by atoms with Crippen LogP contribution < -0.4 is 0 Å². The quantitative estimate of drug-likeness (QED) is 0.688. The Balaban J connectivity index is 2.28. The standard InChI is InChI=1S/C13H13NO2S2/c1-2-14-12(16)11(18-13(14)17)10(15)8-9-6-4-3-5-7-9/h3-7,16H,2,8H2,1H3. The molecule has 94 valence electrons. The molecule has 0 aliphatic heterocycles. The average molecular weight is 279 g/mol. The SMILES string of the molecule is CCn1c(O)c(C(=O)Cc2ccccc2)sc1=S. The number of benzene rings is 1. The van der Waals surface area contributed by atoms with Crippen molar-refractivity contribution < 1.29 is 9.90 Å². The van der Waals surface area contributed by atoms with Crippen LogP contribution >= 0.6 is 23.6 Å². The lowest BCUT2D eigenvalue weighted by Crippen LogP contribution is -2.02. The highest BCUT2D eigenvalue weighted by molar-refractivity contribution is 7.73. The summed E-state index contributed by atoms with van der Waals surface area (Å²) < 4.78 is 2.10. The number of carbonyl (C=O) groups excluding carboxylic acids is 1. The molecular weight excluding hydrogens is 266 g/mol. The van der Waals surface area contributed by atoms with Gasteiger partial charge in [0.1, 0.15) is 4.88 Å². The Hall–Kier alpha value is -1.46. The molecule has 0 unspecified atom stereocenters. The van der Waals surface area contributed by atoms with Gasteiger partial charge in [0, 0.05) is 13.0 Å². The Morgan fingerprint density at radius 2 is 2.06 bits per heavy atom. The molecule has 1 heterocycles. The van der Waals surface area contributed by atoms with Crippen LogP contribution in [0.5, 0.6) is 5.88 Å². The van der Waals surface area contributed by atoms with Crippen LogP contribution in [0.4, 0.5) is 0 Å². The summed E-state index contributed by atoms with van der Waals surface area (Å²) in [6.45, 7) is 2.45. The van der Waals surface area contributed by atoms with E-state index in [2.05, 4.69) is 0 Å². The Bertz CT molecular complexity index is 614. The van der Waals surface area contributed by atoms with Crippen molar-refractivity contribution >= 4 is 29.3 Å². The van der Waals surface area contributed by atoms with Crippen molar-refractivity contribution in [2.24, 2.45) is 0 Å². The van der Waals surface area contributed by atoms with Crippen LogP contribution in [-0.2, 0) is 13.0 Å². The van der Waals surface area contributed by atoms with Crippen LogP contribution in [0.25, 0.3) is 0 Å². The van der Waals surface area contributed by atoms with Crippen LogP contribution in [0.2, 0.25) is 0 Å². The molecule has 3 nitrogen and oxygen atoms in total. The molecule has 1 aromatic carbocycles. The summed E-state index contributed by atoms with van der Waals surface area (Å²) in [5.41, 5.74) is 0.935. The first kappa shape index (κ1) is 13.0. The zero-order valence-electron chi connectivity index (χ0n) is 9.92. The van der Waals surface area contributed by atoms with E-state index >= 15 is 0 Å². The zero-order chi connectivity index (χ0) is 13.1. The molecule has 1 aromatic heterocycles. The van der Waals surface area contributed by atoms with Crippen molar-refractivity contribution in [3.05, 3.63) is 44.7 Å². The number of aromatic hydroxyl groups is 1. The van der Waals surface area contributed by atoms with E-state index in [9.17, 15) is 9.90 Å². The van der Waals surface area contributed by atoms with Crippen molar-refractivity contribution in [1.29, 1.82) is 0 Å². The lowest BCUT2D eigenvalue weighted by molar-refractivity contribution is 0.0993. The van der Waals surface area contributed by atoms with Crippen molar-refractivity contribution in [2.45, 2.75) is 19.9 Å². The van der Waals surface area contributed by atoms with Gasteiger partial charge in [-0.2, -0.15) is 0 Å². The topological polar surface area (TPSA) is 42.2 Å². The van der Waals surface area contributed by atoms with Crippen LogP contribution in [0.1, 0.15) is 22.2 Å². The van der Waals surface area contributed by atoms with E-state index in [0.717, 1.165) is 5.56 Å².